The monoisotopic (exact) mass is 541 g/mol. The smallest absolute Gasteiger partial charge is 0.269 e. The van der Waals surface area contributed by atoms with Crippen molar-refractivity contribution in [2.75, 3.05) is 36.4 Å². The molecular formula is C31H35N5O4. The number of anilines is 2. The van der Waals surface area contributed by atoms with Crippen molar-refractivity contribution in [3.8, 4) is 11.1 Å². The van der Waals surface area contributed by atoms with Crippen LogP contribution in [0.25, 0.3) is 11.1 Å². The molecule has 40 heavy (non-hydrogen) atoms. The summed E-state index contributed by atoms with van der Waals surface area (Å²) in [6.45, 7) is 3.58. The molecule has 1 saturated heterocycles. The fourth-order valence-corrected chi connectivity index (χ4v) is 5.19. The summed E-state index contributed by atoms with van der Waals surface area (Å²) in [6.07, 6.45) is 4.90. The lowest BCUT2D eigenvalue weighted by Crippen LogP contribution is -2.33. The van der Waals surface area contributed by atoms with E-state index in [0.717, 1.165) is 67.6 Å². The second kappa shape index (κ2) is 12.3. The first kappa shape index (κ1) is 27.3. The van der Waals surface area contributed by atoms with Crippen LogP contribution < -0.4 is 16.0 Å². The number of carbonyl (C=O) groups is 2. The second-order valence-electron chi connectivity index (χ2n) is 10.6. The highest BCUT2D eigenvalue weighted by Gasteiger charge is 2.33. The van der Waals surface area contributed by atoms with Gasteiger partial charge in [0.1, 0.15) is 0 Å². The third-order valence-electron chi connectivity index (χ3n) is 7.54. The Balaban J connectivity index is 1.40. The number of nitrogens with one attached hydrogen (secondary N) is 1. The summed E-state index contributed by atoms with van der Waals surface area (Å²) in [5.74, 6) is 0.0430. The van der Waals surface area contributed by atoms with Gasteiger partial charge in [-0.15, -0.1) is 0 Å². The topological polar surface area (TPSA) is 122 Å². The van der Waals surface area contributed by atoms with E-state index >= 15 is 0 Å². The van der Waals surface area contributed by atoms with Crippen molar-refractivity contribution in [3.05, 3.63) is 88.0 Å². The lowest BCUT2D eigenvalue weighted by Gasteiger charge is -2.24. The van der Waals surface area contributed by atoms with E-state index in [0.29, 0.717) is 30.9 Å². The van der Waals surface area contributed by atoms with E-state index in [4.69, 9.17) is 5.73 Å². The standard InChI is InChI=1S/C31H35N5O4/c32-15-4-18-35(31(38)24-7-8-24)21-22-5-3-6-25(19-22)26-11-14-29(34-16-1-2-17-34)28(20-26)33-30(37)23-9-12-27(13-10-23)36(39)40/h3,5-6,9-14,19-20,24H,1-2,4,7-8,15-18,21,32H2,(H,33,37). The molecule has 1 aliphatic heterocycles. The molecule has 3 aromatic carbocycles. The summed E-state index contributed by atoms with van der Waals surface area (Å²) < 4.78 is 0. The minimum Gasteiger partial charge on any atom is -0.370 e. The number of nitrogens with two attached hydrogens (primary N) is 1. The molecule has 3 N–H and O–H groups in total. The van der Waals surface area contributed by atoms with Crippen LogP contribution in [-0.2, 0) is 11.3 Å². The van der Waals surface area contributed by atoms with Gasteiger partial charge in [0, 0.05) is 49.8 Å². The van der Waals surface area contributed by atoms with Gasteiger partial charge in [0.05, 0.1) is 16.3 Å². The van der Waals surface area contributed by atoms with Crippen LogP contribution in [0.3, 0.4) is 0 Å². The molecular weight excluding hydrogens is 506 g/mol. The third-order valence-corrected chi connectivity index (χ3v) is 7.54. The molecule has 208 valence electrons. The molecule has 9 heteroatoms. The molecule has 1 saturated carbocycles. The van der Waals surface area contributed by atoms with Crippen molar-refractivity contribution < 1.29 is 14.5 Å². The minimum atomic E-state index is -0.482. The number of non-ortho nitro benzene ring substituents is 1. The fourth-order valence-electron chi connectivity index (χ4n) is 5.19. The van der Waals surface area contributed by atoms with Crippen LogP contribution in [0.5, 0.6) is 0 Å². The molecule has 0 unspecified atom stereocenters. The predicted octanol–water partition coefficient (Wildman–Crippen LogP) is 5.20. The maximum absolute atomic E-state index is 13.1. The predicted molar refractivity (Wildman–Crippen MR) is 156 cm³/mol. The summed E-state index contributed by atoms with van der Waals surface area (Å²) >= 11 is 0. The first-order valence-corrected chi connectivity index (χ1v) is 14.0. The van der Waals surface area contributed by atoms with Crippen LogP contribution in [0.1, 0.15) is 48.0 Å². The van der Waals surface area contributed by atoms with Gasteiger partial charge in [-0.1, -0.05) is 24.3 Å². The van der Waals surface area contributed by atoms with Crippen LogP contribution in [0.15, 0.2) is 66.7 Å². The normalized spacial score (nSPS) is 14.7. The number of nitrogens with zero attached hydrogens (tertiary/aromatic N) is 3. The molecule has 9 nitrogen and oxygen atoms in total. The highest BCUT2D eigenvalue weighted by atomic mass is 16.6. The Morgan fingerprint density at radius 3 is 2.40 bits per heavy atom. The van der Waals surface area contributed by atoms with E-state index in [2.05, 4.69) is 22.3 Å². The van der Waals surface area contributed by atoms with E-state index in [1.54, 1.807) is 0 Å². The zero-order chi connectivity index (χ0) is 28.1. The Hall–Kier alpha value is -4.24. The summed E-state index contributed by atoms with van der Waals surface area (Å²) in [6, 6.07) is 19.9. The molecule has 5 rings (SSSR count). The number of carbonyl (C=O) groups excluding carboxylic acids is 2. The van der Waals surface area contributed by atoms with E-state index in [9.17, 15) is 19.7 Å². The number of rotatable bonds is 11. The summed E-state index contributed by atoms with van der Waals surface area (Å²) in [5.41, 5.74) is 10.7. The number of hydrogen-bond acceptors (Lipinski definition) is 6. The number of benzene rings is 3. The largest absolute Gasteiger partial charge is 0.370 e. The lowest BCUT2D eigenvalue weighted by atomic mass is 10.0. The molecule has 0 radical (unpaired) electrons. The summed E-state index contributed by atoms with van der Waals surface area (Å²) in [4.78, 5) is 40.7. The van der Waals surface area contributed by atoms with Crippen molar-refractivity contribution in [2.45, 2.75) is 38.6 Å². The molecule has 0 bridgehead atoms. The van der Waals surface area contributed by atoms with E-state index in [1.807, 2.05) is 35.2 Å². The maximum atomic E-state index is 13.1. The van der Waals surface area contributed by atoms with Crippen LogP contribution in [0, 0.1) is 16.0 Å². The Labute approximate surface area is 234 Å². The first-order valence-electron chi connectivity index (χ1n) is 14.0. The lowest BCUT2D eigenvalue weighted by molar-refractivity contribution is -0.384. The van der Waals surface area contributed by atoms with Crippen molar-refractivity contribution in [1.29, 1.82) is 0 Å². The van der Waals surface area contributed by atoms with Crippen LogP contribution >= 0.6 is 0 Å². The van der Waals surface area contributed by atoms with E-state index < -0.39 is 4.92 Å². The van der Waals surface area contributed by atoms with Gasteiger partial charge in [0.15, 0.2) is 0 Å². The third kappa shape index (κ3) is 6.48. The quantitative estimate of drug-likeness (QED) is 0.254. The maximum Gasteiger partial charge on any atom is 0.269 e. The Morgan fingerprint density at radius 2 is 1.73 bits per heavy atom. The SMILES string of the molecule is NCCCN(Cc1cccc(-c2ccc(N3CCCC3)c(NC(=O)c3ccc([N+](=O)[O-])cc3)c2)c1)C(=O)C1CC1. The molecule has 3 aromatic rings. The molecule has 0 aromatic heterocycles. The zero-order valence-electron chi connectivity index (χ0n) is 22.6. The number of nitro groups is 1. The van der Waals surface area contributed by atoms with Gasteiger partial charge < -0.3 is 20.9 Å². The molecule has 2 amide bonds. The molecule has 2 fully saturated rings. The van der Waals surface area contributed by atoms with Crippen LogP contribution in [-0.4, -0.2) is 47.8 Å². The summed E-state index contributed by atoms with van der Waals surface area (Å²) in [7, 11) is 0. The Morgan fingerprint density at radius 1 is 1.00 bits per heavy atom. The van der Waals surface area contributed by atoms with Gasteiger partial charge in [0.2, 0.25) is 5.91 Å². The van der Waals surface area contributed by atoms with Gasteiger partial charge in [-0.3, -0.25) is 19.7 Å². The number of nitro benzene ring substituents is 1. The average molecular weight is 542 g/mol. The molecule has 0 spiro atoms. The fraction of sp³-hybridized carbons (Fsp3) is 0.355. The first-order chi connectivity index (χ1) is 19.4. The average Bonchev–Trinajstić information content (AvgIpc) is 3.68. The van der Waals surface area contributed by atoms with Gasteiger partial charge in [-0.05, 0) is 85.7 Å². The van der Waals surface area contributed by atoms with Crippen LogP contribution in [0.4, 0.5) is 17.1 Å². The van der Waals surface area contributed by atoms with Crippen molar-refractivity contribution in [1.82, 2.24) is 4.90 Å². The highest BCUT2D eigenvalue weighted by Crippen LogP contribution is 2.35. The molecule has 1 aliphatic carbocycles. The zero-order valence-corrected chi connectivity index (χ0v) is 22.6. The molecule has 0 atom stereocenters. The number of amides is 2. The van der Waals surface area contributed by atoms with Crippen molar-refractivity contribution >= 4 is 28.9 Å². The van der Waals surface area contributed by atoms with Gasteiger partial charge in [-0.25, -0.2) is 0 Å². The van der Waals surface area contributed by atoms with Crippen molar-refractivity contribution in [2.24, 2.45) is 11.7 Å². The van der Waals surface area contributed by atoms with Gasteiger partial charge in [0.25, 0.3) is 11.6 Å². The minimum absolute atomic E-state index is 0.0587. The van der Waals surface area contributed by atoms with Crippen LogP contribution in [0.2, 0.25) is 0 Å². The highest BCUT2D eigenvalue weighted by molar-refractivity contribution is 6.06. The second-order valence-corrected chi connectivity index (χ2v) is 10.6. The molecule has 2 aliphatic rings. The van der Waals surface area contributed by atoms with Gasteiger partial charge in [-0.2, -0.15) is 0 Å². The Kier molecular flexibility index (Phi) is 8.40. The number of hydrogen-bond donors (Lipinski definition) is 2. The van der Waals surface area contributed by atoms with E-state index in [1.165, 1.54) is 24.3 Å². The van der Waals surface area contributed by atoms with Gasteiger partial charge >= 0.3 is 0 Å². The summed E-state index contributed by atoms with van der Waals surface area (Å²) in [5, 5.41) is 14.1. The Bertz CT molecular complexity index is 1380. The molecule has 1 heterocycles. The van der Waals surface area contributed by atoms with Crippen molar-refractivity contribution in [3.63, 3.8) is 0 Å². The van der Waals surface area contributed by atoms with E-state index in [-0.39, 0.29) is 23.4 Å².